The van der Waals surface area contributed by atoms with Crippen molar-refractivity contribution in [2.45, 2.75) is 46.0 Å². The highest BCUT2D eigenvalue weighted by Gasteiger charge is 2.40. The van der Waals surface area contributed by atoms with Crippen LogP contribution in [0.15, 0.2) is 0 Å². The van der Waals surface area contributed by atoms with Crippen molar-refractivity contribution in [1.29, 1.82) is 0 Å². The van der Waals surface area contributed by atoms with Crippen LogP contribution < -0.4 is 5.32 Å². The number of carbonyl (C=O) groups is 2. The van der Waals surface area contributed by atoms with Crippen LogP contribution in [0.4, 0.5) is 5.69 Å². The molecule has 0 aliphatic heterocycles. The quantitative estimate of drug-likeness (QED) is 0.846. The molecule has 23 heavy (non-hydrogen) atoms. The minimum atomic E-state index is -0.314. The molecular formula is C17H25N3O3. The van der Waals surface area contributed by atoms with Gasteiger partial charge in [-0.2, -0.15) is 5.10 Å². The summed E-state index contributed by atoms with van der Waals surface area (Å²) < 4.78 is 6.87. The Hall–Kier alpha value is -1.85. The lowest BCUT2D eigenvalue weighted by Gasteiger charge is -2.20. The van der Waals surface area contributed by atoms with Crippen LogP contribution in [0.1, 0.15) is 43.5 Å². The van der Waals surface area contributed by atoms with E-state index in [-0.39, 0.29) is 18.5 Å². The summed E-state index contributed by atoms with van der Waals surface area (Å²) in [5.74, 6) is 1.41. The standard InChI is InChI=1S/C17H25N3O3/c1-10-17(11(2)20(3)19-10)18-15(21)9-23-16(22)8-14-7-12-4-5-13(14)6-12/h12-14H,4-9H2,1-3H3,(H,18,21)/t12-,13-,14-/m1/s1. The van der Waals surface area contributed by atoms with Gasteiger partial charge in [0.05, 0.1) is 17.1 Å². The van der Waals surface area contributed by atoms with Crippen molar-refractivity contribution in [2.75, 3.05) is 11.9 Å². The zero-order valence-corrected chi connectivity index (χ0v) is 14.1. The van der Waals surface area contributed by atoms with Gasteiger partial charge in [0.25, 0.3) is 5.91 Å². The number of ether oxygens (including phenoxy) is 1. The summed E-state index contributed by atoms with van der Waals surface area (Å²) in [6.07, 6.45) is 5.46. The predicted octanol–water partition coefficient (Wildman–Crippen LogP) is 2.34. The normalized spacial score (nSPS) is 25.6. The number of carbonyl (C=O) groups excluding carboxylic acids is 2. The Kier molecular flexibility index (Phi) is 4.41. The van der Waals surface area contributed by atoms with Crippen LogP contribution >= 0.6 is 0 Å². The van der Waals surface area contributed by atoms with Gasteiger partial charge in [-0.15, -0.1) is 0 Å². The third-order valence-electron chi connectivity index (χ3n) is 5.45. The molecule has 1 N–H and O–H groups in total. The molecule has 1 heterocycles. The molecule has 6 nitrogen and oxygen atoms in total. The molecule has 1 aromatic rings. The highest BCUT2D eigenvalue weighted by Crippen LogP contribution is 2.49. The number of nitrogens with one attached hydrogen (secondary N) is 1. The molecule has 2 saturated carbocycles. The Bertz CT molecular complexity index is 623. The third kappa shape index (κ3) is 3.41. The summed E-state index contributed by atoms with van der Waals surface area (Å²) >= 11 is 0. The number of fused-ring (bicyclic) bond motifs is 2. The Morgan fingerprint density at radius 1 is 1.30 bits per heavy atom. The Morgan fingerprint density at radius 2 is 2.09 bits per heavy atom. The van der Waals surface area contributed by atoms with Crippen LogP contribution in [0.3, 0.4) is 0 Å². The van der Waals surface area contributed by atoms with Gasteiger partial charge in [0.15, 0.2) is 6.61 Å². The average molecular weight is 319 g/mol. The van der Waals surface area contributed by atoms with Gasteiger partial charge in [-0.25, -0.2) is 0 Å². The number of amides is 1. The van der Waals surface area contributed by atoms with Crippen molar-refractivity contribution in [3.05, 3.63) is 11.4 Å². The number of nitrogens with zero attached hydrogens (tertiary/aromatic N) is 2. The van der Waals surface area contributed by atoms with Crippen LogP contribution in [0.25, 0.3) is 0 Å². The van der Waals surface area contributed by atoms with E-state index in [0.717, 1.165) is 23.7 Å². The molecule has 3 atom stereocenters. The molecule has 0 aromatic carbocycles. The first kappa shape index (κ1) is 16.0. The van der Waals surface area contributed by atoms with Gasteiger partial charge in [-0.3, -0.25) is 14.3 Å². The molecule has 6 heteroatoms. The summed E-state index contributed by atoms with van der Waals surface area (Å²) in [6.45, 7) is 3.49. The van der Waals surface area contributed by atoms with Gasteiger partial charge >= 0.3 is 5.97 Å². The lowest BCUT2D eigenvalue weighted by Crippen LogP contribution is -2.23. The van der Waals surface area contributed by atoms with Crippen molar-refractivity contribution in [1.82, 2.24) is 9.78 Å². The van der Waals surface area contributed by atoms with Gasteiger partial charge in [0.2, 0.25) is 0 Å². The minimum absolute atomic E-state index is 0.229. The topological polar surface area (TPSA) is 73.2 Å². The summed E-state index contributed by atoms with van der Waals surface area (Å²) in [5.41, 5.74) is 2.33. The first-order valence-electron chi connectivity index (χ1n) is 8.39. The first-order chi connectivity index (χ1) is 10.9. The van der Waals surface area contributed by atoms with E-state index in [1.807, 2.05) is 20.9 Å². The molecule has 0 spiro atoms. The number of hydrogen-bond donors (Lipinski definition) is 1. The van der Waals surface area contributed by atoms with Crippen LogP contribution in [0, 0.1) is 31.6 Å². The molecular weight excluding hydrogens is 294 g/mol. The summed E-state index contributed by atoms with van der Waals surface area (Å²) in [4.78, 5) is 23.9. The van der Waals surface area contributed by atoms with E-state index in [4.69, 9.17) is 4.74 Å². The molecule has 0 saturated heterocycles. The molecule has 1 aromatic heterocycles. The maximum atomic E-state index is 12.0. The second-order valence-electron chi connectivity index (χ2n) is 7.02. The van der Waals surface area contributed by atoms with E-state index < -0.39 is 0 Å². The third-order valence-corrected chi connectivity index (χ3v) is 5.45. The van der Waals surface area contributed by atoms with Gasteiger partial charge < -0.3 is 10.1 Å². The zero-order chi connectivity index (χ0) is 16.6. The van der Waals surface area contributed by atoms with Crippen molar-refractivity contribution >= 4 is 17.6 Å². The second-order valence-corrected chi connectivity index (χ2v) is 7.02. The number of anilines is 1. The van der Waals surface area contributed by atoms with E-state index in [2.05, 4.69) is 10.4 Å². The fourth-order valence-electron chi connectivity index (χ4n) is 4.18. The fraction of sp³-hybridized carbons (Fsp3) is 0.706. The van der Waals surface area contributed by atoms with E-state index >= 15 is 0 Å². The fourth-order valence-corrected chi connectivity index (χ4v) is 4.18. The molecule has 2 aliphatic carbocycles. The van der Waals surface area contributed by atoms with Crippen LogP contribution in [-0.4, -0.2) is 28.3 Å². The van der Waals surface area contributed by atoms with Gasteiger partial charge in [-0.1, -0.05) is 6.42 Å². The summed E-state index contributed by atoms with van der Waals surface area (Å²) in [7, 11) is 1.83. The molecule has 2 bridgehead atoms. The highest BCUT2D eigenvalue weighted by atomic mass is 16.5. The van der Waals surface area contributed by atoms with E-state index in [1.165, 1.54) is 19.3 Å². The van der Waals surface area contributed by atoms with Gasteiger partial charge in [0.1, 0.15) is 0 Å². The van der Waals surface area contributed by atoms with E-state index in [1.54, 1.807) is 4.68 Å². The van der Waals surface area contributed by atoms with E-state index in [9.17, 15) is 9.59 Å². The highest BCUT2D eigenvalue weighted by molar-refractivity contribution is 5.93. The van der Waals surface area contributed by atoms with Crippen LogP contribution in [-0.2, 0) is 21.4 Å². The van der Waals surface area contributed by atoms with Crippen LogP contribution in [0.5, 0.6) is 0 Å². The molecule has 3 rings (SSSR count). The number of esters is 1. The Balaban J connectivity index is 1.44. The largest absolute Gasteiger partial charge is 0.456 e. The van der Waals surface area contributed by atoms with Crippen molar-refractivity contribution in [2.24, 2.45) is 24.8 Å². The monoisotopic (exact) mass is 319 g/mol. The second kappa shape index (κ2) is 6.34. The van der Waals surface area contributed by atoms with Crippen molar-refractivity contribution in [3.8, 4) is 0 Å². The zero-order valence-electron chi connectivity index (χ0n) is 14.1. The number of rotatable bonds is 5. The summed E-state index contributed by atoms with van der Waals surface area (Å²) in [6, 6.07) is 0. The Morgan fingerprint density at radius 3 is 2.65 bits per heavy atom. The first-order valence-corrected chi connectivity index (χ1v) is 8.39. The SMILES string of the molecule is Cc1nn(C)c(C)c1NC(=O)COC(=O)C[C@H]1C[C@@H]2CC[C@@H]1C2. The minimum Gasteiger partial charge on any atom is -0.456 e. The van der Waals surface area contributed by atoms with Gasteiger partial charge in [0, 0.05) is 13.5 Å². The van der Waals surface area contributed by atoms with Gasteiger partial charge in [-0.05, 0) is 50.9 Å². The maximum absolute atomic E-state index is 12.0. The van der Waals surface area contributed by atoms with Crippen molar-refractivity contribution < 1.29 is 14.3 Å². The maximum Gasteiger partial charge on any atom is 0.306 e. The number of aromatic nitrogens is 2. The predicted molar refractivity (Wildman–Crippen MR) is 85.8 cm³/mol. The summed E-state index contributed by atoms with van der Waals surface area (Å²) in [5, 5.41) is 7.02. The lowest BCUT2D eigenvalue weighted by atomic mass is 9.86. The molecule has 0 radical (unpaired) electrons. The smallest absolute Gasteiger partial charge is 0.306 e. The molecule has 1 amide bonds. The molecule has 2 fully saturated rings. The number of hydrogen-bond acceptors (Lipinski definition) is 4. The molecule has 2 aliphatic rings. The number of aryl methyl sites for hydroxylation is 2. The average Bonchev–Trinajstić information content (AvgIpc) is 3.17. The van der Waals surface area contributed by atoms with Crippen molar-refractivity contribution in [3.63, 3.8) is 0 Å². The Labute approximate surface area is 136 Å². The lowest BCUT2D eigenvalue weighted by molar-refractivity contribution is -0.148. The van der Waals surface area contributed by atoms with E-state index in [0.29, 0.717) is 23.9 Å². The molecule has 126 valence electrons. The molecule has 0 unspecified atom stereocenters. The van der Waals surface area contributed by atoms with Crippen LogP contribution in [0.2, 0.25) is 0 Å².